The molecule has 2 fully saturated rings. The maximum absolute atomic E-state index is 15.2. The standard InChI is InChI=1S/C43H36N4O10/c1-44(2)39-33(46(53)54)18-25(19-34(39)47(55)56)45-41(51)29-17-16-27-31(37(29)42(45)52)21-32-40(50)30(23-10-6-4-7-11-23)22-36(49)43(32,24-12-8-5-9-13-24)38(27)28-15-14-26(48)20-35(28)57-3/h4-16,18-20,22,29,31-32,37-38,48H,17,21H2,1-3H3. The van der Waals surface area contributed by atoms with Crippen LogP contribution in [0.1, 0.15) is 35.4 Å². The van der Waals surface area contributed by atoms with Crippen molar-refractivity contribution in [2.75, 3.05) is 31.0 Å². The summed E-state index contributed by atoms with van der Waals surface area (Å²) in [6.07, 6.45) is 3.26. The summed E-state index contributed by atoms with van der Waals surface area (Å²) in [5.41, 5.74) is -1.05. The quantitative estimate of drug-likeness (QED) is 0.0915. The fourth-order valence-corrected chi connectivity index (χ4v) is 9.87. The van der Waals surface area contributed by atoms with E-state index in [0.29, 0.717) is 22.3 Å². The smallest absolute Gasteiger partial charge is 0.301 e. The Bertz CT molecular complexity index is 2440. The molecule has 2 amide bonds. The Kier molecular flexibility index (Phi) is 8.86. The normalized spacial score (nSPS) is 25.2. The van der Waals surface area contributed by atoms with Crippen LogP contribution in [0.25, 0.3) is 5.57 Å². The number of imide groups is 1. The first-order chi connectivity index (χ1) is 27.3. The molecule has 4 aromatic rings. The summed E-state index contributed by atoms with van der Waals surface area (Å²) in [4.78, 5) is 84.5. The summed E-state index contributed by atoms with van der Waals surface area (Å²) in [5.74, 6) is -6.77. The molecule has 1 aliphatic heterocycles. The topological polar surface area (TPSA) is 190 Å². The lowest BCUT2D eigenvalue weighted by Crippen LogP contribution is -2.58. The molecule has 14 nitrogen and oxygen atoms in total. The number of hydrogen-bond donors (Lipinski definition) is 1. The number of Topliss-reactive ketones (excluding diaryl/α,β-unsaturated/α-hetero) is 1. The Hall–Kier alpha value is -6.96. The first-order valence-corrected chi connectivity index (χ1v) is 18.3. The third-order valence-electron chi connectivity index (χ3n) is 12.1. The number of nitrogens with zero attached hydrogens (tertiary/aromatic N) is 4. The van der Waals surface area contributed by atoms with Crippen molar-refractivity contribution in [3.8, 4) is 11.5 Å². The summed E-state index contributed by atoms with van der Waals surface area (Å²) in [6, 6.07) is 24.3. The number of ether oxygens (including phenoxy) is 1. The van der Waals surface area contributed by atoms with Crippen LogP contribution in [-0.2, 0) is 24.6 Å². The number of carbonyl (C=O) groups is 4. The molecule has 1 heterocycles. The van der Waals surface area contributed by atoms with Crippen LogP contribution in [0.4, 0.5) is 22.7 Å². The van der Waals surface area contributed by atoms with Gasteiger partial charge in [0.05, 0.1) is 39.9 Å². The minimum absolute atomic E-state index is 0.0136. The number of allylic oxidation sites excluding steroid dienone is 4. The molecular formula is C43H36N4O10. The Balaban J connectivity index is 1.35. The van der Waals surface area contributed by atoms with Gasteiger partial charge < -0.3 is 14.7 Å². The SMILES string of the molecule is COc1cc(O)ccc1C1C2=CCC3C(=O)N(c4cc([N+](=O)[O-])c(N(C)C)c([N+](=O)[O-])c4)C(=O)C3C2CC2C(=O)C(c3ccccc3)=CC(=O)C21c1ccccc1. The molecule has 4 aliphatic rings. The van der Waals surface area contributed by atoms with Crippen molar-refractivity contribution in [3.63, 3.8) is 0 Å². The van der Waals surface area contributed by atoms with Crippen LogP contribution >= 0.6 is 0 Å². The molecule has 14 heteroatoms. The van der Waals surface area contributed by atoms with Gasteiger partial charge in [-0.2, -0.15) is 0 Å². The number of anilines is 2. The van der Waals surface area contributed by atoms with Crippen LogP contribution in [0.5, 0.6) is 11.5 Å². The number of amides is 2. The minimum atomic E-state index is -1.55. The molecule has 4 aromatic carbocycles. The van der Waals surface area contributed by atoms with E-state index in [4.69, 9.17) is 4.74 Å². The average molecular weight is 769 g/mol. The zero-order valence-electron chi connectivity index (χ0n) is 31.0. The highest BCUT2D eigenvalue weighted by molar-refractivity contribution is 6.32. The molecule has 1 N–H and O–H groups in total. The Morgan fingerprint density at radius 2 is 1.47 bits per heavy atom. The van der Waals surface area contributed by atoms with Crippen molar-refractivity contribution >= 4 is 51.7 Å². The van der Waals surface area contributed by atoms with Gasteiger partial charge in [0.25, 0.3) is 0 Å². The minimum Gasteiger partial charge on any atom is -0.508 e. The summed E-state index contributed by atoms with van der Waals surface area (Å²) >= 11 is 0. The lowest BCUT2D eigenvalue weighted by Gasteiger charge is -2.55. The van der Waals surface area contributed by atoms with Crippen LogP contribution < -0.4 is 14.5 Å². The van der Waals surface area contributed by atoms with Gasteiger partial charge in [-0.25, -0.2) is 4.90 Å². The van der Waals surface area contributed by atoms with Crippen molar-refractivity contribution in [2.24, 2.45) is 23.7 Å². The highest BCUT2D eigenvalue weighted by Gasteiger charge is 2.66. The van der Waals surface area contributed by atoms with E-state index in [2.05, 4.69) is 0 Å². The molecule has 6 atom stereocenters. The van der Waals surface area contributed by atoms with Crippen LogP contribution in [0.15, 0.2) is 109 Å². The fraction of sp³-hybridized carbons (Fsp3) is 0.256. The number of nitro benzene ring substituents is 2. The lowest BCUT2D eigenvalue weighted by molar-refractivity contribution is -0.392. The third-order valence-corrected chi connectivity index (χ3v) is 12.1. The van der Waals surface area contributed by atoms with Crippen molar-refractivity contribution in [3.05, 3.63) is 146 Å². The van der Waals surface area contributed by atoms with E-state index in [-0.39, 0.29) is 52.9 Å². The van der Waals surface area contributed by atoms with Crippen molar-refractivity contribution in [1.82, 2.24) is 0 Å². The van der Waals surface area contributed by atoms with Gasteiger partial charge in [0.15, 0.2) is 17.3 Å². The van der Waals surface area contributed by atoms with Gasteiger partial charge in [0.2, 0.25) is 11.8 Å². The van der Waals surface area contributed by atoms with Crippen molar-refractivity contribution < 1.29 is 38.9 Å². The summed E-state index contributed by atoms with van der Waals surface area (Å²) in [7, 11) is 4.25. The zero-order chi connectivity index (χ0) is 40.5. The first kappa shape index (κ1) is 37.0. The number of nitro groups is 2. The number of ketones is 2. The Morgan fingerprint density at radius 3 is 2.07 bits per heavy atom. The van der Waals surface area contributed by atoms with Crippen LogP contribution in [0, 0.1) is 43.9 Å². The maximum Gasteiger partial charge on any atom is 0.301 e. The van der Waals surface area contributed by atoms with Gasteiger partial charge in [0, 0.05) is 55.3 Å². The predicted octanol–water partition coefficient (Wildman–Crippen LogP) is 6.31. The summed E-state index contributed by atoms with van der Waals surface area (Å²) < 4.78 is 5.82. The molecule has 1 saturated carbocycles. The van der Waals surface area contributed by atoms with Gasteiger partial charge in [-0.15, -0.1) is 0 Å². The summed E-state index contributed by atoms with van der Waals surface area (Å²) in [6.45, 7) is 0. The van der Waals surface area contributed by atoms with E-state index in [9.17, 15) is 34.9 Å². The number of rotatable bonds is 8. The average Bonchev–Trinajstić information content (AvgIpc) is 3.47. The zero-order valence-corrected chi connectivity index (χ0v) is 31.0. The predicted molar refractivity (Wildman–Crippen MR) is 208 cm³/mol. The highest BCUT2D eigenvalue weighted by Crippen LogP contribution is 2.65. The first-order valence-electron chi connectivity index (χ1n) is 18.3. The maximum atomic E-state index is 15.2. The molecule has 0 bridgehead atoms. The van der Waals surface area contributed by atoms with E-state index in [1.807, 2.05) is 6.08 Å². The second kappa shape index (κ2) is 13.7. The van der Waals surface area contributed by atoms with Crippen LogP contribution in [-0.4, -0.2) is 59.5 Å². The van der Waals surface area contributed by atoms with E-state index < -0.39 is 68.0 Å². The van der Waals surface area contributed by atoms with Crippen LogP contribution in [0.3, 0.4) is 0 Å². The Morgan fingerprint density at radius 1 is 0.842 bits per heavy atom. The van der Waals surface area contributed by atoms with Gasteiger partial charge in [-0.1, -0.05) is 78.4 Å². The highest BCUT2D eigenvalue weighted by atomic mass is 16.6. The van der Waals surface area contributed by atoms with Crippen molar-refractivity contribution in [2.45, 2.75) is 24.2 Å². The van der Waals surface area contributed by atoms with Gasteiger partial charge in [-0.3, -0.25) is 39.4 Å². The number of benzene rings is 4. The fourth-order valence-electron chi connectivity index (χ4n) is 9.87. The third kappa shape index (κ3) is 5.46. The van der Waals surface area contributed by atoms with E-state index in [1.165, 1.54) is 44.3 Å². The molecule has 8 rings (SSSR count). The van der Waals surface area contributed by atoms with E-state index in [1.54, 1.807) is 66.7 Å². The summed E-state index contributed by atoms with van der Waals surface area (Å²) in [5, 5.41) is 35.1. The molecule has 0 aromatic heterocycles. The molecule has 6 unspecified atom stereocenters. The second-order valence-electron chi connectivity index (χ2n) is 15.0. The number of hydrogen-bond acceptors (Lipinski definition) is 11. The number of fused-ring (bicyclic) bond motifs is 4. The molecule has 0 radical (unpaired) electrons. The monoisotopic (exact) mass is 768 g/mol. The number of phenols is 1. The van der Waals surface area contributed by atoms with Gasteiger partial charge >= 0.3 is 11.4 Å². The Labute approximate surface area is 326 Å². The number of carbonyl (C=O) groups excluding carboxylic acids is 4. The molecule has 1 saturated heterocycles. The van der Waals surface area contributed by atoms with E-state index >= 15 is 9.59 Å². The number of aromatic hydroxyl groups is 1. The molecular weight excluding hydrogens is 732 g/mol. The van der Waals surface area contributed by atoms with Gasteiger partial charge in [0.1, 0.15) is 11.5 Å². The van der Waals surface area contributed by atoms with Crippen LogP contribution in [0.2, 0.25) is 0 Å². The number of methoxy groups -OCH3 is 1. The second-order valence-corrected chi connectivity index (χ2v) is 15.0. The lowest BCUT2D eigenvalue weighted by atomic mass is 9.44. The van der Waals surface area contributed by atoms with Gasteiger partial charge in [-0.05, 0) is 42.0 Å². The van der Waals surface area contributed by atoms with Crippen molar-refractivity contribution in [1.29, 1.82) is 0 Å². The molecule has 288 valence electrons. The molecule has 0 spiro atoms. The molecule has 57 heavy (non-hydrogen) atoms. The molecule has 3 aliphatic carbocycles. The van der Waals surface area contributed by atoms with E-state index in [0.717, 1.165) is 17.0 Å². The number of phenolic OH excluding ortho intramolecular Hbond substituents is 1. The largest absolute Gasteiger partial charge is 0.508 e.